The number of phenols is 1. The van der Waals surface area contributed by atoms with Gasteiger partial charge in [0.15, 0.2) is 11.5 Å². The van der Waals surface area contributed by atoms with Crippen LogP contribution in [0.25, 0.3) is 0 Å². The van der Waals surface area contributed by atoms with Gasteiger partial charge in [0.2, 0.25) is 0 Å². The van der Waals surface area contributed by atoms with Gasteiger partial charge in [-0.15, -0.1) is 0 Å². The summed E-state index contributed by atoms with van der Waals surface area (Å²) in [5, 5.41) is 20.4. The molecule has 2 N–H and O–H groups in total. The molecular weight excluding hydrogens is 356 g/mol. The third kappa shape index (κ3) is 5.61. The van der Waals surface area contributed by atoms with E-state index >= 15 is 0 Å². The normalized spacial score (nSPS) is 23.1. The van der Waals surface area contributed by atoms with Gasteiger partial charge in [-0.25, -0.2) is 4.79 Å². The molecule has 0 aromatic heterocycles. The Morgan fingerprint density at radius 1 is 1.25 bits per heavy atom. The third-order valence-electron chi connectivity index (χ3n) is 5.47. The number of benzene rings is 1. The molecule has 2 rings (SSSR count). The predicted octanol–water partition coefficient (Wildman–Crippen LogP) is 4.78. The van der Waals surface area contributed by atoms with Crippen molar-refractivity contribution in [3.8, 4) is 11.5 Å². The van der Waals surface area contributed by atoms with Gasteiger partial charge in [0.25, 0.3) is 0 Å². The van der Waals surface area contributed by atoms with E-state index in [9.17, 15) is 15.0 Å². The first-order valence-electron chi connectivity index (χ1n) is 9.74. The zero-order chi connectivity index (χ0) is 20.9. The Balaban J connectivity index is 2.28. The summed E-state index contributed by atoms with van der Waals surface area (Å²) in [7, 11) is 1.43. The Bertz CT molecular complexity index is 760. The lowest BCUT2D eigenvalue weighted by molar-refractivity contribution is 0.0367. The van der Waals surface area contributed by atoms with Gasteiger partial charge in [0.05, 0.1) is 18.8 Å². The molecule has 0 fully saturated rings. The average Bonchev–Trinajstić information content (AvgIpc) is 2.65. The number of rotatable bonds is 3. The van der Waals surface area contributed by atoms with Crippen molar-refractivity contribution in [3.05, 3.63) is 47.1 Å². The molecule has 5 nitrogen and oxygen atoms in total. The maximum Gasteiger partial charge on any atom is 0.338 e. The van der Waals surface area contributed by atoms with Crippen molar-refractivity contribution in [1.82, 2.24) is 0 Å². The number of carbonyl (C=O) groups excluding carboxylic acids is 1. The van der Waals surface area contributed by atoms with Crippen LogP contribution < -0.4 is 4.74 Å². The molecule has 1 aromatic carbocycles. The SMILES string of the molecule is COc1cc(C(=O)O[C@@H]2CC=C(C)CCCC(C)(C)[C@H](O)C=C2C)ccc1O. The molecule has 0 radical (unpaired) electrons. The summed E-state index contributed by atoms with van der Waals surface area (Å²) in [6, 6.07) is 4.37. The Labute approximate surface area is 167 Å². The van der Waals surface area contributed by atoms with Crippen LogP contribution in [-0.4, -0.2) is 35.5 Å². The zero-order valence-corrected chi connectivity index (χ0v) is 17.5. The number of carbonyl (C=O) groups is 1. The molecule has 0 amide bonds. The maximum absolute atomic E-state index is 12.7. The van der Waals surface area contributed by atoms with E-state index in [2.05, 4.69) is 26.8 Å². The topological polar surface area (TPSA) is 76.0 Å². The summed E-state index contributed by atoms with van der Waals surface area (Å²) < 4.78 is 10.8. The van der Waals surface area contributed by atoms with Crippen LogP contribution >= 0.6 is 0 Å². The molecule has 0 saturated carbocycles. The van der Waals surface area contributed by atoms with Crippen molar-refractivity contribution >= 4 is 5.97 Å². The van der Waals surface area contributed by atoms with E-state index in [1.807, 2.05) is 13.0 Å². The highest BCUT2D eigenvalue weighted by Gasteiger charge is 2.28. The van der Waals surface area contributed by atoms with Gasteiger partial charge in [-0.1, -0.05) is 31.6 Å². The lowest BCUT2D eigenvalue weighted by atomic mass is 9.80. The molecule has 0 saturated heterocycles. The summed E-state index contributed by atoms with van der Waals surface area (Å²) in [5.74, 6) is -0.309. The molecule has 0 heterocycles. The van der Waals surface area contributed by atoms with Crippen molar-refractivity contribution < 1.29 is 24.5 Å². The molecule has 154 valence electrons. The van der Waals surface area contributed by atoms with Gasteiger partial charge in [-0.3, -0.25) is 0 Å². The molecule has 0 aliphatic heterocycles. The number of hydrogen-bond acceptors (Lipinski definition) is 5. The van der Waals surface area contributed by atoms with Crippen LogP contribution in [0, 0.1) is 5.41 Å². The van der Waals surface area contributed by atoms with Crippen molar-refractivity contribution in [3.63, 3.8) is 0 Å². The molecule has 1 aliphatic carbocycles. The number of aliphatic hydroxyl groups is 1. The van der Waals surface area contributed by atoms with Gasteiger partial charge in [-0.2, -0.15) is 0 Å². The molecule has 0 unspecified atom stereocenters. The van der Waals surface area contributed by atoms with Crippen LogP contribution in [0.1, 0.15) is 63.7 Å². The highest BCUT2D eigenvalue weighted by atomic mass is 16.5. The first kappa shape index (κ1) is 22.0. The van der Waals surface area contributed by atoms with Crippen LogP contribution in [-0.2, 0) is 4.74 Å². The zero-order valence-electron chi connectivity index (χ0n) is 17.5. The van der Waals surface area contributed by atoms with Crippen LogP contribution in [0.5, 0.6) is 11.5 Å². The highest BCUT2D eigenvalue weighted by Crippen LogP contribution is 2.32. The first-order chi connectivity index (χ1) is 13.1. The minimum atomic E-state index is -0.610. The molecule has 28 heavy (non-hydrogen) atoms. The van der Waals surface area contributed by atoms with E-state index in [4.69, 9.17) is 9.47 Å². The number of esters is 1. The van der Waals surface area contributed by atoms with E-state index in [1.54, 1.807) is 0 Å². The summed E-state index contributed by atoms with van der Waals surface area (Å²) in [4.78, 5) is 12.7. The van der Waals surface area contributed by atoms with Gasteiger partial charge >= 0.3 is 5.97 Å². The Hall–Kier alpha value is -2.27. The average molecular weight is 389 g/mol. The van der Waals surface area contributed by atoms with Crippen LogP contribution in [0.3, 0.4) is 0 Å². The number of ether oxygens (including phenoxy) is 2. The number of aromatic hydroxyl groups is 1. The lowest BCUT2D eigenvalue weighted by Crippen LogP contribution is -2.29. The lowest BCUT2D eigenvalue weighted by Gasteiger charge is -2.29. The van der Waals surface area contributed by atoms with Crippen LogP contribution in [0.2, 0.25) is 0 Å². The quantitative estimate of drug-likeness (QED) is 0.576. The predicted molar refractivity (Wildman–Crippen MR) is 110 cm³/mol. The largest absolute Gasteiger partial charge is 0.504 e. The number of allylic oxidation sites excluding steroid dienone is 1. The van der Waals surface area contributed by atoms with Gasteiger partial charge in [0, 0.05) is 6.42 Å². The van der Waals surface area contributed by atoms with Gasteiger partial charge in [0.1, 0.15) is 6.10 Å². The minimum absolute atomic E-state index is 0.0334. The van der Waals surface area contributed by atoms with Crippen molar-refractivity contribution in [2.24, 2.45) is 5.41 Å². The smallest absolute Gasteiger partial charge is 0.338 e. The van der Waals surface area contributed by atoms with E-state index in [1.165, 1.54) is 30.9 Å². The van der Waals surface area contributed by atoms with Gasteiger partial charge in [-0.05, 0) is 62.3 Å². The molecule has 1 aromatic rings. The van der Waals surface area contributed by atoms with E-state index in [0.29, 0.717) is 12.0 Å². The second kappa shape index (κ2) is 9.28. The van der Waals surface area contributed by atoms with Crippen molar-refractivity contribution in [1.29, 1.82) is 0 Å². The fourth-order valence-corrected chi connectivity index (χ4v) is 3.29. The molecule has 2 atom stereocenters. The Kier molecular flexibility index (Phi) is 7.30. The Morgan fingerprint density at radius 2 is 1.96 bits per heavy atom. The second-order valence-corrected chi connectivity index (χ2v) is 8.26. The maximum atomic E-state index is 12.7. The highest BCUT2D eigenvalue weighted by molar-refractivity contribution is 5.90. The van der Waals surface area contributed by atoms with Crippen molar-refractivity contribution in [2.75, 3.05) is 7.11 Å². The fraction of sp³-hybridized carbons (Fsp3) is 0.522. The monoisotopic (exact) mass is 388 g/mol. The summed E-state index contributed by atoms with van der Waals surface area (Å²) in [6.07, 6.45) is 6.29. The molecular formula is C23H32O5. The van der Waals surface area contributed by atoms with Crippen LogP contribution in [0.4, 0.5) is 0 Å². The number of phenolic OH excluding ortho intramolecular Hbond substituents is 1. The minimum Gasteiger partial charge on any atom is -0.504 e. The molecule has 5 heteroatoms. The Morgan fingerprint density at radius 3 is 2.64 bits per heavy atom. The molecule has 1 aliphatic rings. The first-order valence-corrected chi connectivity index (χ1v) is 9.74. The van der Waals surface area contributed by atoms with Crippen LogP contribution in [0.15, 0.2) is 41.5 Å². The van der Waals surface area contributed by atoms with E-state index in [-0.39, 0.29) is 16.9 Å². The second-order valence-electron chi connectivity index (χ2n) is 8.26. The number of methoxy groups -OCH3 is 1. The van der Waals surface area contributed by atoms with E-state index in [0.717, 1.165) is 24.8 Å². The number of hydrogen-bond donors (Lipinski definition) is 2. The number of aliphatic hydroxyl groups excluding tert-OH is 1. The summed E-state index contributed by atoms with van der Waals surface area (Å²) in [5.41, 5.74) is 2.14. The summed E-state index contributed by atoms with van der Waals surface area (Å²) >= 11 is 0. The fourth-order valence-electron chi connectivity index (χ4n) is 3.29. The van der Waals surface area contributed by atoms with Gasteiger partial charge < -0.3 is 19.7 Å². The third-order valence-corrected chi connectivity index (χ3v) is 5.47. The molecule has 0 bridgehead atoms. The summed E-state index contributed by atoms with van der Waals surface area (Å²) in [6.45, 7) is 8.09. The van der Waals surface area contributed by atoms with Crippen molar-refractivity contribution in [2.45, 2.75) is 65.6 Å². The standard InChI is InChI=1S/C23H32O5/c1-15-7-6-12-23(3,4)21(25)13-16(2)19(11-8-15)28-22(26)17-9-10-18(24)20(14-17)27-5/h8-10,13-14,19,21,24-25H,6-7,11-12H2,1-5H3/t19-,21-/m1/s1. The molecule has 0 spiro atoms. The van der Waals surface area contributed by atoms with E-state index < -0.39 is 18.2 Å².